The smallest absolute Gasteiger partial charge is 0.329 e. The van der Waals surface area contributed by atoms with Gasteiger partial charge in [0.25, 0.3) is 0 Å². The molecule has 1 rings (SSSR count). The number of benzene rings is 1. The van der Waals surface area contributed by atoms with E-state index in [1.807, 2.05) is 0 Å². The van der Waals surface area contributed by atoms with Crippen LogP contribution in [-0.2, 0) is 14.3 Å². The fraction of sp³-hybridized carbons (Fsp3) is 0.200. The lowest BCUT2D eigenvalue weighted by molar-refractivity contribution is -0.143. The highest BCUT2D eigenvalue weighted by Crippen LogP contribution is 2.22. The van der Waals surface area contributed by atoms with Crippen LogP contribution in [0.4, 0.5) is 5.69 Å². The molecule has 2 N–H and O–H groups in total. The van der Waals surface area contributed by atoms with E-state index in [9.17, 15) is 9.59 Å². The van der Waals surface area contributed by atoms with Gasteiger partial charge in [0.1, 0.15) is 13.2 Å². The van der Waals surface area contributed by atoms with Gasteiger partial charge < -0.3 is 15.2 Å². The van der Waals surface area contributed by atoms with Gasteiger partial charge in [-0.1, -0.05) is 23.2 Å². The molecule has 0 aromatic heterocycles. The molecule has 0 radical (unpaired) electrons. The average Bonchev–Trinajstić information content (AvgIpc) is 2.14. The van der Waals surface area contributed by atoms with E-state index in [-0.39, 0.29) is 6.61 Å². The zero-order valence-electron chi connectivity index (χ0n) is 8.57. The number of carboxylic acid groups (broad SMARTS) is 1. The van der Waals surface area contributed by atoms with Crippen molar-refractivity contribution in [1.82, 2.24) is 0 Å². The maximum Gasteiger partial charge on any atom is 0.329 e. The highest BCUT2D eigenvalue weighted by Gasteiger charge is 2.05. The molecule has 17 heavy (non-hydrogen) atoms. The first-order chi connectivity index (χ1) is 7.97. The Bertz CT molecular complexity index is 416. The Morgan fingerprint density at radius 2 is 1.76 bits per heavy atom. The molecule has 92 valence electrons. The first kappa shape index (κ1) is 13.8. The number of carbonyl (C=O) groups excluding carboxylic acids is 1. The van der Waals surface area contributed by atoms with Gasteiger partial charge in [-0.2, -0.15) is 0 Å². The highest BCUT2D eigenvalue weighted by atomic mass is 35.5. The molecule has 0 saturated heterocycles. The van der Waals surface area contributed by atoms with Crippen LogP contribution < -0.4 is 5.32 Å². The Kier molecular flexibility index (Phi) is 5.21. The van der Waals surface area contributed by atoms with Gasteiger partial charge >= 0.3 is 5.97 Å². The number of anilines is 1. The SMILES string of the molecule is O=C(O)COCC(=O)Nc1cc(Cl)cc(Cl)c1. The molecule has 0 saturated carbocycles. The quantitative estimate of drug-likeness (QED) is 0.864. The van der Waals surface area contributed by atoms with Crippen LogP contribution in [0.3, 0.4) is 0 Å². The topological polar surface area (TPSA) is 75.6 Å². The van der Waals surface area contributed by atoms with E-state index in [0.29, 0.717) is 15.7 Å². The number of amides is 1. The lowest BCUT2D eigenvalue weighted by atomic mass is 10.3. The van der Waals surface area contributed by atoms with Crippen LogP contribution in [0.2, 0.25) is 10.0 Å². The predicted octanol–water partition coefficient (Wildman–Crippen LogP) is 2.03. The van der Waals surface area contributed by atoms with Gasteiger partial charge in [-0.05, 0) is 18.2 Å². The maximum absolute atomic E-state index is 11.3. The van der Waals surface area contributed by atoms with Gasteiger partial charge in [-0.15, -0.1) is 0 Å². The summed E-state index contributed by atoms with van der Waals surface area (Å²) in [6.07, 6.45) is 0. The summed E-state index contributed by atoms with van der Waals surface area (Å²) in [5.74, 6) is -1.62. The fourth-order valence-electron chi connectivity index (χ4n) is 1.05. The number of hydrogen-bond donors (Lipinski definition) is 2. The molecule has 0 fully saturated rings. The average molecular weight is 278 g/mol. The summed E-state index contributed by atoms with van der Waals surface area (Å²) in [6, 6.07) is 4.56. The second kappa shape index (κ2) is 6.44. The van der Waals surface area contributed by atoms with Crippen LogP contribution in [0.5, 0.6) is 0 Å². The summed E-state index contributed by atoms with van der Waals surface area (Å²) >= 11 is 11.5. The summed E-state index contributed by atoms with van der Waals surface area (Å²) < 4.78 is 4.61. The molecule has 1 amide bonds. The van der Waals surface area contributed by atoms with Gasteiger partial charge in [-0.25, -0.2) is 4.79 Å². The Morgan fingerprint density at radius 1 is 1.18 bits per heavy atom. The molecule has 0 aliphatic rings. The van der Waals surface area contributed by atoms with E-state index < -0.39 is 18.5 Å². The van der Waals surface area contributed by atoms with Crippen LogP contribution in [0.15, 0.2) is 18.2 Å². The number of ether oxygens (including phenoxy) is 1. The minimum absolute atomic E-state index is 0.351. The van der Waals surface area contributed by atoms with Crippen LogP contribution in [0, 0.1) is 0 Å². The normalized spacial score (nSPS) is 10.0. The Hall–Kier alpha value is -1.30. The van der Waals surface area contributed by atoms with Gasteiger partial charge in [-0.3, -0.25) is 4.79 Å². The third-order valence-electron chi connectivity index (χ3n) is 1.61. The highest BCUT2D eigenvalue weighted by molar-refractivity contribution is 6.35. The van der Waals surface area contributed by atoms with Gasteiger partial charge in [0.2, 0.25) is 5.91 Å². The summed E-state index contributed by atoms with van der Waals surface area (Å²) in [7, 11) is 0. The summed E-state index contributed by atoms with van der Waals surface area (Å²) in [5.41, 5.74) is 0.423. The van der Waals surface area contributed by atoms with Gasteiger partial charge in [0, 0.05) is 15.7 Å². The van der Waals surface area contributed by atoms with Crippen molar-refractivity contribution < 1.29 is 19.4 Å². The molecular formula is C10H9Cl2NO4. The van der Waals surface area contributed by atoms with Crippen molar-refractivity contribution in [2.24, 2.45) is 0 Å². The van der Waals surface area contributed by atoms with Crippen LogP contribution in [0.25, 0.3) is 0 Å². The molecule has 0 atom stereocenters. The zero-order valence-corrected chi connectivity index (χ0v) is 10.1. The number of halogens is 2. The molecule has 0 aliphatic heterocycles. The number of carbonyl (C=O) groups is 2. The summed E-state index contributed by atoms with van der Waals surface area (Å²) in [4.78, 5) is 21.4. The molecule has 0 aliphatic carbocycles. The molecule has 0 heterocycles. The van der Waals surface area contributed by atoms with Crippen molar-refractivity contribution in [1.29, 1.82) is 0 Å². The third-order valence-corrected chi connectivity index (χ3v) is 2.04. The van der Waals surface area contributed by atoms with Crippen molar-refractivity contribution in [3.63, 3.8) is 0 Å². The molecule has 1 aromatic carbocycles. The number of rotatable bonds is 5. The minimum atomic E-state index is -1.14. The molecule has 0 unspecified atom stereocenters. The van der Waals surface area contributed by atoms with E-state index >= 15 is 0 Å². The minimum Gasteiger partial charge on any atom is -0.480 e. The monoisotopic (exact) mass is 277 g/mol. The van der Waals surface area contributed by atoms with Crippen molar-refractivity contribution >= 4 is 40.8 Å². The first-order valence-electron chi connectivity index (χ1n) is 4.53. The van der Waals surface area contributed by atoms with E-state index in [1.165, 1.54) is 18.2 Å². The van der Waals surface area contributed by atoms with Crippen molar-refractivity contribution in [2.45, 2.75) is 0 Å². The first-order valence-corrected chi connectivity index (χ1v) is 5.28. The zero-order chi connectivity index (χ0) is 12.8. The van der Waals surface area contributed by atoms with Crippen LogP contribution in [-0.4, -0.2) is 30.2 Å². The third kappa shape index (κ3) is 5.53. The predicted molar refractivity (Wildman–Crippen MR) is 63.5 cm³/mol. The molecule has 0 bridgehead atoms. The fourth-order valence-corrected chi connectivity index (χ4v) is 1.58. The van der Waals surface area contributed by atoms with Crippen molar-refractivity contribution in [2.75, 3.05) is 18.5 Å². The van der Waals surface area contributed by atoms with Crippen molar-refractivity contribution in [3.05, 3.63) is 28.2 Å². The number of carboxylic acids is 1. The largest absolute Gasteiger partial charge is 0.480 e. The van der Waals surface area contributed by atoms with Gasteiger partial charge in [0.05, 0.1) is 0 Å². The van der Waals surface area contributed by atoms with E-state index in [1.54, 1.807) is 0 Å². The Morgan fingerprint density at radius 3 is 2.29 bits per heavy atom. The lowest BCUT2D eigenvalue weighted by Crippen LogP contribution is -2.20. The standard InChI is InChI=1S/C10H9Cl2NO4/c11-6-1-7(12)3-8(2-6)13-9(14)4-17-5-10(15)16/h1-3H,4-5H2,(H,13,14)(H,15,16). The second-order valence-electron chi connectivity index (χ2n) is 3.09. The van der Waals surface area contributed by atoms with Crippen LogP contribution in [0.1, 0.15) is 0 Å². The summed E-state index contributed by atoms with van der Waals surface area (Å²) in [6.45, 7) is -0.875. The summed E-state index contributed by atoms with van der Waals surface area (Å²) in [5, 5.41) is 11.5. The maximum atomic E-state index is 11.3. The second-order valence-corrected chi connectivity index (χ2v) is 3.97. The number of aliphatic carboxylic acids is 1. The lowest BCUT2D eigenvalue weighted by Gasteiger charge is -2.06. The Labute approximate surface area is 107 Å². The number of nitrogens with one attached hydrogen (secondary N) is 1. The Balaban J connectivity index is 2.47. The van der Waals surface area contributed by atoms with E-state index in [0.717, 1.165) is 0 Å². The molecule has 7 heteroatoms. The molecule has 5 nitrogen and oxygen atoms in total. The molecule has 0 spiro atoms. The van der Waals surface area contributed by atoms with Crippen molar-refractivity contribution in [3.8, 4) is 0 Å². The molecular weight excluding hydrogens is 269 g/mol. The number of hydrogen-bond acceptors (Lipinski definition) is 3. The van der Waals surface area contributed by atoms with E-state index in [4.69, 9.17) is 28.3 Å². The van der Waals surface area contributed by atoms with Crippen LogP contribution >= 0.6 is 23.2 Å². The van der Waals surface area contributed by atoms with E-state index in [2.05, 4.69) is 10.1 Å². The molecule has 1 aromatic rings. The van der Waals surface area contributed by atoms with Gasteiger partial charge in [0.15, 0.2) is 0 Å².